The van der Waals surface area contributed by atoms with E-state index in [0.717, 1.165) is 36.4 Å². The van der Waals surface area contributed by atoms with Crippen LogP contribution in [0.3, 0.4) is 0 Å². The zero-order valence-corrected chi connectivity index (χ0v) is 18.0. The third kappa shape index (κ3) is 7.47. The van der Waals surface area contributed by atoms with Crippen molar-refractivity contribution in [3.05, 3.63) is 42.5 Å². The van der Waals surface area contributed by atoms with Crippen molar-refractivity contribution in [1.82, 2.24) is 4.57 Å². The van der Waals surface area contributed by atoms with Crippen molar-refractivity contribution in [2.45, 2.75) is 39.3 Å². The van der Waals surface area contributed by atoms with Crippen molar-refractivity contribution >= 4 is 24.0 Å². The second-order valence-corrected chi connectivity index (χ2v) is 11.8. The van der Waals surface area contributed by atoms with Gasteiger partial charge in [0.2, 0.25) is 0 Å². The molecule has 0 N–H and O–H groups in total. The number of aryl methyl sites for hydroxylation is 2. The molecule has 2 rings (SSSR count). The van der Waals surface area contributed by atoms with Gasteiger partial charge in [-0.3, -0.25) is 0 Å². The Morgan fingerprint density at radius 1 is 1.28 bits per heavy atom. The SMILES string of the molecule is CC(C)Oc1ccc(OCCCCn2cc[n+](C)c2)cc1[CH]=[Ru]([Cl])[Cl]. The molecule has 0 amide bonds. The van der Waals surface area contributed by atoms with Gasteiger partial charge in [-0.2, -0.15) is 0 Å². The van der Waals surface area contributed by atoms with E-state index in [4.69, 9.17) is 28.9 Å². The molecule has 4 nitrogen and oxygen atoms in total. The third-order valence-electron chi connectivity index (χ3n) is 3.43. The van der Waals surface area contributed by atoms with E-state index in [9.17, 15) is 0 Å². The van der Waals surface area contributed by atoms with Crippen LogP contribution < -0.4 is 14.0 Å². The van der Waals surface area contributed by atoms with Gasteiger partial charge in [-0.05, 0) is 0 Å². The van der Waals surface area contributed by atoms with Gasteiger partial charge in [0.05, 0.1) is 7.05 Å². The van der Waals surface area contributed by atoms with E-state index in [2.05, 4.69) is 17.1 Å². The average molecular weight is 473 g/mol. The number of unbranched alkanes of at least 4 members (excludes halogenated alkanes) is 1. The van der Waals surface area contributed by atoms with Crippen LogP contribution in [0.15, 0.2) is 36.9 Å². The van der Waals surface area contributed by atoms with Crippen LogP contribution >= 0.6 is 19.4 Å². The fourth-order valence-electron chi connectivity index (χ4n) is 2.36. The van der Waals surface area contributed by atoms with Gasteiger partial charge in [-0.25, -0.2) is 0 Å². The van der Waals surface area contributed by atoms with E-state index >= 15 is 0 Å². The molecule has 0 aliphatic rings. The standard InChI is InChI=1S/C18H25N2O2.2ClH.Ru/c1-15(2)22-18-8-7-17(13-16(18)3)21-12-6-5-9-20-11-10-19(4)14-20;;;/h3,7-8,10-11,13-15H,5-6,9,12H2,1-2,4H3;2*1H;/q+1;;;+2/p-2. The Kier molecular flexibility index (Phi) is 8.41. The molecule has 0 aliphatic carbocycles. The van der Waals surface area contributed by atoms with Gasteiger partial charge in [0.25, 0.3) is 0 Å². The molecule has 25 heavy (non-hydrogen) atoms. The summed E-state index contributed by atoms with van der Waals surface area (Å²) in [4.78, 5) is 0. The molecule has 140 valence electrons. The topological polar surface area (TPSA) is 27.3 Å². The number of rotatable bonds is 9. The fraction of sp³-hybridized carbons (Fsp3) is 0.444. The molecule has 1 aromatic carbocycles. The van der Waals surface area contributed by atoms with Gasteiger partial charge in [0, 0.05) is 0 Å². The maximum absolute atomic E-state index is 6.03. The van der Waals surface area contributed by atoms with Gasteiger partial charge in [0.15, 0.2) is 0 Å². The first-order valence-corrected chi connectivity index (χ1v) is 13.7. The molecule has 0 fully saturated rings. The number of nitrogens with zero attached hydrogens (tertiary/aromatic N) is 2. The third-order valence-corrected chi connectivity index (χ3v) is 5.27. The molecular formula is C18H25Cl2N2O2Ru+. The van der Waals surface area contributed by atoms with E-state index in [-0.39, 0.29) is 6.10 Å². The number of hydrogen-bond donors (Lipinski definition) is 0. The Morgan fingerprint density at radius 2 is 2.08 bits per heavy atom. The van der Waals surface area contributed by atoms with Gasteiger partial charge in [-0.1, -0.05) is 0 Å². The monoisotopic (exact) mass is 473 g/mol. The fourth-order valence-corrected chi connectivity index (χ4v) is 4.15. The van der Waals surface area contributed by atoms with Gasteiger partial charge in [-0.15, -0.1) is 0 Å². The molecule has 0 unspecified atom stereocenters. The van der Waals surface area contributed by atoms with Crippen LogP contribution in [0, 0.1) is 0 Å². The summed E-state index contributed by atoms with van der Waals surface area (Å²) in [6, 6.07) is 5.81. The van der Waals surface area contributed by atoms with Crippen LogP contribution in [-0.2, 0) is 27.1 Å². The quantitative estimate of drug-likeness (QED) is 0.313. The second kappa shape index (κ2) is 10.3. The normalized spacial score (nSPS) is 11.5. The maximum atomic E-state index is 6.03. The van der Waals surface area contributed by atoms with E-state index in [1.807, 2.05) is 54.5 Å². The molecule has 7 heteroatoms. The Morgan fingerprint density at radius 3 is 2.72 bits per heavy atom. The summed E-state index contributed by atoms with van der Waals surface area (Å²) in [7, 11) is 14.1. The summed E-state index contributed by atoms with van der Waals surface area (Å²) in [5.41, 5.74) is 0.912. The number of imidazole rings is 1. The Bertz CT molecular complexity index is 713. The van der Waals surface area contributed by atoms with E-state index in [1.54, 1.807) is 0 Å². The van der Waals surface area contributed by atoms with E-state index < -0.39 is 13.5 Å². The van der Waals surface area contributed by atoms with Crippen molar-refractivity contribution in [2.75, 3.05) is 6.61 Å². The zero-order valence-electron chi connectivity index (χ0n) is 14.8. The number of halogens is 2. The van der Waals surface area contributed by atoms with E-state index in [0.29, 0.717) is 6.61 Å². The number of hydrogen-bond acceptors (Lipinski definition) is 2. The Balaban J connectivity index is 1.87. The second-order valence-electron chi connectivity index (χ2n) is 6.05. The molecule has 0 spiro atoms. The van der Waals surface area contributed by atoms with Gasteiger partial charge in [0.1, 0.15) is 0 Å². The van der Waals surface area contributed by atoms with Gasteiger partial charge < -0.3 is 0 Å². The molecule has 0 saturated carbocycles. The minimum atomic E-state index is -1.92. The van der Waals surface area contributed by atoms with Crippen LogP contribution in [0.4, 0.5) is 0 Å². The summed E-state index contributed by atoms with van der Waals surface area (Å²) < 4.78 is 17.8. The molecule has 0 atom stereocenters. The van der Waals surface area contributed by atoms with Crippen molar-refractivity contribution in [3.63, 3.8) is 0 Å². The van der Waals surface area contributed by atoms with Crippen molar-refractivity contribution in [1.29, 1.82) is 0 Å². The number of ether oxygens (including phenoxy) is 2. The van der Waals surface area contributed by atoms with Crippen LogP contribution in [0.25, 0.3) is 0 Å². The van der Waals surface area contributed by atoms with E-state index in [1.165, 1.54) is 0 Å². The summed E-state index contributed by atoms with van der Waals surface area (Å²) in [6.45, 7) is 5.67. The molecule has 1 aromatic heterocycles. The molecule has 0 bridgehead atoms. The Hall–Kier alpha value is -0.897. The summed E-state index contributed by atoms with van der Waals surface area (Å²) in [5, 5.41) is 0. The first-order valence-electron chi connectivity index (χ1n) is 8.21. The molecule has 0 saturated heterocycles. The van der Waals surface area contributed by atoms with Crippen molar-refractivity contribution < 1.29 is 27.6 Å². The van der Waals surface area contributed by atoms with Crippen LogP contribution in [0.1, 0.15) is 32.3 Å². The average Bonchev–Trinajstić information content (AvgIpc) is 2.94. The van der Waals surface area contributed by atoms with Crippen LogP contribution in [-0.4, -0.2) is 21.9 Å². The molecule has 2 aromatic rings. The Labute approximate surface area is 162 Å². The van der Waals surface area contributed by atoms with Crippen LogP contribution in [0.2, 0.25) is 0 Å². The summed E-state index contributed by atoms with van der Waals surface area (Å²) >= 11 is -1.92. The molecule has 0 aliphatic heterocycles. The summed E-state index contributed by atoms with van der Waals surface area (Å²) in [6.07, 6.45) is 8.36. The number of aromatic nitrogens is 2. The zero-order chi connectivity index (χ0) is 18.2. The molecule has 0 radical (unpaired) electrons. The predicted molar refractivity (Wildman–Crippen MR) is 99.4 cm³/mol. The van der Waals surface area contributed by atoms with Crippen molar-refractivity contribution in [2.24, 2.45) is 7.05 Å². The summed E-state index contributed by atoms with van der Waals surface area (Å²) in [5.74, 6) is 1.61. The number of benzene rings is 1. The molecule has 1 heterocycles. The van der Waals surface area contributed by atoms with Crippen LogP contribution in [0.5, 0.6) is 11.5 Å². The van der Waals surface area contributed by atoms with Crippen molar-refractivity contribution in [3.8, 4) is 11.5 Å². The molecular weight excluding hydrogens is 448 g/mol. The first kappa shape index (κ1) is 20.4. The van der Waals surface area contributed by atoms with Gasteiger partial charge >= 0.3 is 156 Å². The predicted octanol–water partition coefficient (Wildman–Crippen LogP) is 4.04. The minimum absolute atomic E-state index is 0.0979. The first-order chi connectivity index (χ1) is 11.9.